The topological polar surface area (TPSA) is 120 Å². The molecule has 8 heteroatoms. The van der Waals surface area contributed by atoms with E-state index in [1.165, 1.54) is 6.20 Å². The van der Waals surface area contributed by atoms with Crippen LogP contribution in [0, 0.1) is 5.92 Å². The normalized spacial score (nSPS) is 11.2. The van der Waals surface area contributed by atoms with Gasteiger partial charge in [0.05, 0.1) is 12.1 Å². The molecule has 24 heavy (non-hydrogen) atoms. The number of nitrogens with one attached hydrogen (secondary N) is 2. The van der Waals surface area contributed by atoms with E-state index in [-0.39, 0.29) is 24.3 Å². The van der Waals surface area contributed by atoms with Crippen molar-refractivity contribution in [3.05, 3.63) is 40.0 Å². The number of azide groups is 1. The first-order valence-electron chi connectivity index (χ1n) is 8.10. The number of rotatable bonds is 10. The van der Waals surface area contributed by atoms with Gasteiger partial charge in [0, 0.05) is 35.8 Å². The molecule has 1 aromatic heterocycles. The van der Waals surface area contributed by atoms with E-state index in [9.17, 15) is 9.59 Å². The number of pyridine rings is 1. The van der Waals surface area contributed by atoms with Crippen LogP contribution in [-0.4, -0.2) is 29.9 Å². The zero-order valence-electron chi connectivity index (χ0n) is 14.2. The minimum atomic E-state index is -0.193. The van der Waals surface area contributed by atoms with Crippen LogP contribution in [0.3, 0.4) is 0 Å². The monoisotopic (exact) mass is 332 g/mol. The maximum atomic E-state index is 11.9. The van der Waals surface area contributed by atoms with E-state index in [0.29, 0.717) is 24.3 Å². The molecule has 1 atom stereocenters. The quantitative estimate of drug-likeness (QED) is 0.296. The second-order valence-electron chi connectivity index (χ2n) is 5.49. The van der Waals surface area contributed by atoms with Gasteiger partial charge in [-0.25, -0.2) is 0 Å². The molecular formula is C16H24N6O2. The highest BCUT2D eigenvalue weighted by atomic mass is 16.2. The van der Waals surface area contributed by atoms with E-state index in [1.54, 1.807) is 12.1 Å². The van der Waals surface area contributed by atoms with Crippen molar-refractivity contribution < 1.29 is 9.59 Å². The molecule has 0 fully saturated rings. The number of hydrogen-bond donors (Lipinski definition) is 2. The molecule has 130 valence electrons. The maximum Gasteiger partial charge on any atom is 0.252 e. The predicted octanol–water partition coefficient (Wildman–Crippen LogP) is 2.56. The molecule has 0 radical (unpaired) electrons. The number of carbonyl (C=O) groups excluding carboxylic acids is 2. The summed E-state index contributed by atoms with van der Waals surface area (Å²) < 4.78 is 0. The summed E-state index contributed by atoms with van der Waals surface area (Å²) >= 11 is 0. The first-order chi connectivity index (χ1) is 11.6. The zero-order chi connectivity index (χ0) is 17.8. The van der Waals surface area contributed by atoms with Crippen LogP contribution in [0.25, 0.3) is 10.4 Å². The summed E-state index contributed by atoms with van der Waals surface area (Å²) in [5.74, 6) is -0.0751. The number of nitrogens with zero attached hydrogens (tertiary/aromatic N) is 4. The molecule has 0 spiro atoms. The molecule has 0 bridgehead atoms. The fourth-order valence-electron chi connectivity index (χ4n) is 1.88. The molecule has 1 rings (SSSR count). The Hall–Kier alpha value is -2.60. The Kier molecular flexibility index (Phi) is 8.93. The molecule has 0 aliphatic carbocycles. The Bertz CT molecular complexity index is 581. The summed E-state index contributed by atoms with van der Waals surface area (Å²) in [5.41, 5.74) is 9.32. The van der Waals surface area contributed by atoms with E-state index in [2.05, 4.69) is 25.6 Å². The molecule has 0 saturated carbocycles. The van der Waals surface area contributed by atoms with Gasteiger partial charge in [-0.15, -0.1) is 0 Å². The van der Waals surface area contributed by atoms with Gasteiger partial charge >= 0.3 is 0 Å². The van der Waals surface area contributed by atoms with E-state index < -0.39 is 0 Å². The number of hydrogen-bond acceptors (Lipinski definition) is 4. The average Bonchev–Trinajstić information content (AvgIpc) is 2.62. The Morgan fingerprint density at radius 2 is 2.00 bits per heavy atom. The third-order valence-electron chi connectivity index (χ3n) is 3.63. The molecule has 2 N–H and O–H groups in total. The fraction of sp³-hybridized carbons (Fsp3) is 0.562. The molecule has 0 aliphatic rings. The summed E-state index contributed by atoms with van der Waals surface area (Å²) in [6.45, 7) is 5.22. The molecule has 1 heterocycles. The van der Waals surface area contributed by atoms with Crippen molar-refractivity contribution in [2.45, 2.75) is 39.7 Å². The largest absolute Gasteiger partial charge is 0.356 e. The van der Waals surface area contributed by atoms with Crippen LogP contribution in [0.15, 0.2) is 23.4 Å². The SMILES string of the molecule is CCC(C)C(=O)NCCCCNC(=O)c1ccc(CN=[N+]=[N-])nc1. The average molecular weight is 332 g/mol. The van der Waals surface area contributed by atoms with Crippen LogP contribution in [0.4, 0.5) is 0 Å². The van der Waals surface area contributed by atoms with E-state index in [4.69, 9.17) is 5.53 Å². The van der Waals surface area contributed by atoms with Gasteiger partial charge in [0.1, 0.15) is 0 Å². The lowest BCUT2D eigenvalue weighted by atomic mass is 10.1. The molecule has 8 nitrogen and oxygen atoms in total. The highest BCUT2D eigenvalue weighted by Gasteiger charge is 2.09. The van der Waals surface area contributed by atoms with Crippen molar-refractivity contribution in [1.82, 2.24) is 15.6 Å². The zero-order valence-corrected chi connectivity index (χ0v) is 14.2. The van der Waals surface area contributed by atoms with Crippen LogP contribution in [-0.2, 0) is 11.3 Å². The first kappa shape index (κ1) is 19.4. The summed E-state index contributed by atoms with van der Waals surface area (Å²) in [6, 6.07) is 3.31. The van der Waals surface area contributed by atoms with Crippen molar-refractivity contribution in [1.29, 1.82) is 0 Å². The van der Waals surface area contributed by atoms with Crippen LogP contribution in [0.2, 0.25) is 0 Å². The Morgan fingerprint density at radius 1 is 1.29 bits per heavy atom. The minimum absolute atomic E-state index is 0.0408. The van der Waals surface area contributed by atoms with E-state index in [0.717, 1.165) is 19.3 Å². The number of unbranched alkanes of at least 4 members (excludes halogenated alkanes) is 1. The molecule has 1 unspecified atom stereocenters. The number of amides is 2. The maximum absolute atomic E-state index is 11.9. The first-order valence-corrected chi connectivity index (χ1v) is 8.10. The van der Waals surface area contributed by atoms with Crippen molar-refractivity contribution >= 4 is 11.8 Å². The van der Waals surface area contributed by atoms with Crippen LogP contribution in [0.1, 0.15) is 49.2 Å². The molecule has 2 amide bonds. The third kappa shape index (κ3) is 7.11. The number of aromatic nitrogens is 1. The Balaban J connectivity index is 2.22. The van der Waals surface area contributed by atoms with Gasteiger partial charge in [0.15, 0.2) is 0 Å². The summed E-state index contributed by atoms with van der Waals surface area (Å²) in [4.78, 5) is 30.2. The smallest absolute Gasteiger partial charge is 0.252 e. The molecule has 0 aromatic carbocycles. The Labute approximate surface area is 141 Å². The third-order valence-corrected chi connectivity index (χ3v) is 3.63. The summed E-state index contributed by atoms with van der Waals surface area (Å²) in [7, 11) is 0. The lowest BCUT2D eigenvalue weighted by Gasteiger charge is -2.10. The van der Waals surface area contributed by atoms with Gasteiger partial charge in [0.2, 0.25) is 5.91 Å². The van der Waals surface area contributed by atoms with Crippen LogP contribution in [0.5, 0.6) is 0 Å². The Morgan fingerprint density at radius 3 is 2.58 bits per heavy atom. The van der Waals surface area contributed by atoms with E-state index >= 15 is 0 Å². The highest BCUT2D eigenvalue weighted by Crippen LogP contribution is 2.02. The number of carbonyl (C=O) groups is 2. The van der Waals surface area contributed by atoms with Gasteiger partial charge in [-0.05, 0) is 36.9 Å². The standard InChI is InChI=1S/C16H24N6O2/c1-3-12(2)15(23)18-8-4-5-9-19-16(24)13-6-7-14(20-10-13)11-21-22-17/h6-7,10,12H,3-5,8-9,11H2,1-2H3,(H,18,23)(H,19,24). The minimum Gasteiger partial charge on any atom is -0.356 e. The molecule has 1 aromatic rings. The molecular weight excluding hydrogens is 308 g/mol. The molecule has 0 saturated heterocycles. The van der Waals surface area contributed by atoms with Gasteiger partial charge in [0.25, 0.3) is 5.91 Å². The fourth-order valence-corrected chi connectivity index (χ4v) is 1.88. The molecule has 0 aliphatic heterocycles. The summed E-state index contributed by atoms with van der Waals surface area (Å²) in [6.07, 6.45) is 3.89. The highest BCUT2D eigenvalue weighted by molar-refractivity contribution is 5.93. The van der Waals surface area contributed by atoms with Gasteiger partial charge in [-0.1, -0.05) is 19.0 Å². The van der Waals surface area contributed by atoms with Crippen molar-refractivity contribution in [3.8, 4) is 0 Å². The van der Waals surface area contributed by atoms with Crippen molar-refractivity contribution in [2.24, 2.45) is 11.0 Å². The lowest BCUT2D eigenvalue weighted by Crippen LogP contribution is -2.30. The van der Waals surface area contributed by atoms with Crippen molar-refractivity contribution in [3.63, 3.8) is 0 Å². The van der Waals surface area contributed by atoms with Gasteiger partial charge in [-0.3, -0.25) is 14.6 Å². The van der Waals surface area contributed by atoms with E-state index in [1.807, 2.05) is 13.8 Å². The van der Waals surface area contributed by atoms with Crippen LogP contribution < -0.4 is 10.6 Å². The van der Waals surface area contributed by atoms with Crippen molar-refractivity contribution in [2.75, 3.05) is 13.1 Å². The van der Waals surface area contributed by atoms with Gasteiger partial charge < -0.3 is 10.6 Å². The second-order valence-corrected chi connectivity index (χ2v) is 5.49. The van der Waals surface area contributed by atoms with Crippen LogP contribution >= 0.6 is 0 Å². The summed E-state index contributed by atoms with van der Waals surface area (Å²) in [5, 5.41) is 9.10. The lowest BCUT2D eigenvalue weighted by molar-refractivity contribution is -0.124. The second kappa shape index (κ2) is 11.0. The van der Waals surface area contributed by atoms with Gasteiger partial charge in [-0.2, -0.15) is 0 Å². The predicted molar refractivity (Wildman–Crippen MR) is 91.1 cm³/mol.